The first-order valence-corrected chi connectivity index (χ1v) is 8.31. The molecule has 0 saturated heterocycles. The molecule has 1 amide bonds. The number of amides is 1. The van der Waals surface area contributed by atoms with Crippen molar-refractivity contribution in [2.24, 2.45) is 5.10 Å². The first-order chi connectivity index (χ1) is 9.61. The monoisotopic (exact) mass is 311 g/mol. The second-order valence-electron chi connectivity index (χ2n) is 5.15. The van der Waals surface area contributed by atoms with Crippen molar-refractivity contribution in [1.29, 1.82) is 0 Å². The van der Waals surface area contributed by atoms with E-state index in [0.717, 1.165) is 21.7 Å². The quantitative estimate of drug-likeness (QED) is 0.662. The molecule has 0 heterocycles. The molecule has 0 bridgehead atoms. The molecule has 0 radical (unpaired) electrons. The average molecular weight is 311 g/mol. The maximum absolute atomic E-state index is 12.0. The van der Waals surface area contributed by atoms with E-state index in [-0.39, 0.29) is 6.54 Å². The summed E-state index contributed by atoms with van der Waals surface area (Å²) in [6.45, 7) is 6.84. The van der Waals surface area contributed by atoms with Crippen molar-refractivity contribution < 1.29 is 13.2 Å². The lowest BCUT2D eigenvalue weighted by molar-refractivity contribution is -0.119. The van der Waals surface area contributed by atoms with Crippen molar-refractivity contribution in [3.8, 4) is 0 Å². The Kier molecular flexibility index (Phi) is 5.48. The maximum atomic E-state index is 12.0. The van der Waals surface area contributed by atoms with Crippen molar-refractivity contribution >= 4 is 27.3 Å². The van der Waals surface area contributed by atoms with Gasteiger partial charge in [0.1, 0.15) is 6.54 Å². The predicted molar refractivity (Wildman–Crippen MR) is 85.0 cm³/mol. The molecule has 0 saturated carbocycles. The Hall–Kier alpha value is -1.89. The summed E-state index contributed by atoms with van der Waals surface area (Å²) < 4.78 is 25.0. The second kappa shape index (κ2) is 6.71. The van der Waals surface area contributed by atoms with E-state index in [9.17, 15) is 13.2 Å². The molecule has 0 aliphatic carbocycles. The van der Waals surface area contributed by atoms with Gasteiger partial charge in [0, 0.05) is 5.71 Å². The van der Waals surface area contributed by atoms with Gasteiger partial charge in [-0.15, -0.1) is 0 Å². The summed E-state index contributed by atoms with van der Waals surface area (Å²) in [6.07, 6.45) is 1.08. The van der Waals surface area contributed by atoms with Crippen molar-refractivity contribution in [2.75, 3.05) is 17.1 Å². The Labute approximate surface area is 125 Å². The van der Waals surface area contributed by atoms with Gasteiger partial charge in [-0.25, -0.2) is 13.8 Å². The summed E-state index contributed by atoms with van der Waals surface area (Å²) in [4.78, 5) is 11.8. The Balaban J connectivity index is 3.11. The molecule has 0 spiro atoms. The summed E-state index contributed by atoms with van der Waals surface area (Å²) in [5, 5.41) is 3.79. The van der Waals surface area contributed by atoms with Gasteiger partial charge in [0.2, 0.25) is 10.0 Å². The van der Waals surface area contributed by atoms with Crippen LogP contribution in [0.4, 0.5) is 5.69 Å². The van der Waals surface area contributed by atoms with Crippen LogP contribution in [-0.2, 0) is 14.8 Å². The molecule has 7 heteroatoms. The predicted octanol–water partition coefficient (Wildman–Crippen LogP) is 1.58. The topological polar surface area (TPSA) is 78.8 Å². The third kappa shape index (κ3) is 5.18. The average Bonchev–Trinajstić information content (AvgIpc) is 2.35. The van der Waals surface area contributed by atoms with Gasteiger partial charge in [-0.3, -0.25) is 9.10 Å². The summed E-state index contributed by atoms with van der Waals surface area (Å²) in [5.41, 5.74) is 5.23. The smallest absolute Gasteiger partial charge is 0.260 e. The van der Waals surface area contributed by atoms with E-state index in [1.54, 1.807) is 26.8 Å². The summed E-state index contributed by atoms with van der Waals surface area (Å²) in [7, 11) is -3.57. The highest BCUT2D eigenvalue weighted by Crippen LogP contribution is 2.23. The number of benzene rings is 1. The molecular weight excluding hydrogens is 290 g/mol. The molecule has 0 aliphatic rings. The van der Waals surface area contributed by atoms with Crippen molar-refractivity contribution in [2.45, 2.75) is 27.7 Å². The first kappa shape index (κ1) is 17.2. The SMILES string of the molecule is CC(C)=NNC(=O)CN(c1cc(C)ccc1C)S(C)(=O)=O. The summed E-state index contributed by atoms with van der Waals surface area (Å²) in [6, 6.07) is 5.47. The number of carbonyl (C=O) groups excluding carboxylic acids is 1. The van der Waals surface area contributed by atoms with Crippen LogP contribution in [0.2, 0.25) is 0 Å². The highest BCUT2D eigenvalue weighted by atomic mass is 32.2. The van der Waals surface area contributed by atoms with Crippen LogP contribution in [0.1, 0.15) is 25.0 Å². The van der Waals surface area contributed by atoms with Gasteiger partial charge in [0.15, 0.2) is 0 Å². The minimum Gasteiger partial charge on any atom is -0.271 e. The van der Waals surface area contributed by atoms with Crippen molar-refractivity contribution in [3.05, 3.63) is 29.3 Å². The fraction of sp³-hybridized carbons (Fsp3) is 0.429. The molecule has 21 heavy (non-hydrogen) atoms. The number of carbonyl (C=O) groups is 1. The Morgan fingerprint density at radius 3 is 2.43 bits per heavy atom. The van der Waals surface area contributed by atoms with Crippen LogP contribution in [-0.4, -0.2) is 32.8 Å². The zero-order valence-corrected chi connectivity index (χ0v) is 13.8. The minimum absolute atomic E-state index is 0.306. The molecule has 116 valence electrons. The van der Waals surface area contributed by atoms with Crippen LogP contribution in [0, 0.1) is 13.8 Å². The molecule has 0 aromatic heterocycles. The highest BCUT2D eigenvalue weighted by Gasteiger charge is 2.22. The zero-order chi connectivity index (χ0) is 16.2. The van der Waals surface area contributed by atoms with E-state index in [4.69, 9.17) is 0 Å². The van der Waals surface area contributed by atoms with Gasteiger partial charge in [-0.05, 0) is 44.9 Å². The Morgan fingerprint density at radius 1 is 1.29 bits per heavy atom. The van der Waals surface area contributed by atoms with Gasteiger partial charge >= 0.3 is 0 Å². The molecule has 6 nitrogen and oxygen atoms in total. The molecule has 1 aromatic carbocycles. The molecule has 0 aliphatic heterocycles. The van der Waals surface area contributed by atoms with Crippen LogP contribution in [0.3, 0.4) is 0 Å². The number of nitrogens with zero attached hydrogens (tertiary/aromatic N) is 2. The first-order valence-electron chi connectivity index (χ1n) is 6.46. The van der Waals surface area contributed by atoms with E-state index < -0.39 is 15.9 Å². The third-order valence-electron chi connectivity index (χ3n) is 2.73. The Bertz CT molecular complexity index is 662. The fourth-order valence-electron chi connectivity index (χ4n) is 1.71. The fourth-order valence-corrected chi connectivity index (χ4v) is 2.61. The van der Waals surface area contributed by atoms with Crippen molar-refractivity contribution in [1.82, 2.24) is 5.43 Å². The molecule has 1 aromatic rings. The van der Waals surface area contributed by atoms with E-state index >= 15 is 0 Å². The number of aryl methyl sites for hydroxylation is 2. The molecule has 0 fully saturated rings. The highest BCUT2D eigenvalue weighted by molar-refractivity contribution is 7.92. The lowest BCUT2D eigenvalue weighted by atomic mass is 10.1. The summed E-state index contributed by atoms with van der Waals surface area (Å²) >= 11 is 0. The maximum Gasteiger partial charge on any atom is 0.260 e. The Morgan fingerprint density at radius 2 is 1.90 bits per heavy atom. The van der Waals surface area contributed by atoms with Crippen molar-refractivity contribution in [3.63, 3.8) is 0 Å². The normalized spacial score (nSPS) is 10.9. The lowest BCUT2D eigenvalue weighted by Gasteiger charge is -2.23. The lowest BCUT2D eigenvalue weighted by Crippen LogP contribution is -2.39. The number of nitrogens with one attached hydrogen (secondary N) is 1. The molecular formula is C14H21N3O3S. The number of hydrazone groups is 1. The number of hydrogen-bond acceptors (Lipinski definition) is 4. The summed E-state index contributed by atoms with van der Waals surface area (Å²) in [5.74, 6) is -0.484. The molecule has 0 unspecified atom stereocenters. The van der Waals surface area contributed by atoms with Gasteiger partial charge in [-0.1, -0.05) is 12.1 Å². The van der Waals surface area contributed by atoms with Crippen LogP contribution < -0.4 is 9.73 Å². The second-order valence-corrected chi connectivity index (χ2v) is 7.06. The van der Waals surface area contributed by atoms with Gasteiger partial charge in [-0.2, -0.15) is 5.10 Å². The van der Waals surface area contributed by atoms with Crippen LogP contribution in [0.25, 0.3) is 0 Å². The largest absolute Gasteiger partial charge is 0.271 e. The van der Waals surface area contributed by atoms with E-state index in [2.05, 4.69) is 10.5 Å². The van der Waals surface area contributed by atoms with Crippen LogP contribution in [0.5, 0.6) is 0 Å². The number of anilines is 1. The van der Waals surface area contributed by atoms with Crippen LogP contribution in [0.15, 0.2) is 23.3 Å². The molecule has 1 N–H and O–H groups in total. The van der Waals surface area contributed by atoms with E-state index in [1.165, 1.54) is 0 Å². The number of hydrogen-bond donors (Lipinski definition) is 1. The third-order valence-corrected chi connectivity index (χ3v) is 3.85. The van der Waals surface area contributed by atoms with E-state index in [1.807, 2.05) is 19.1 Å². The zero-order valence-electron chi connectivity index (χ0n) is 13.0. The number of sulfonamides is 1. The molecule has 0 atom stereocenters. The van der Waals surface area contributed by atoms with E-state index in [0.29, 0.717) is 11.4 Å². The number of rotatable bonds is 5. The van der Waals surface area contributed by atoms with Crippen LogP contribution >= 0.6 is 0 Å². The van der Waals surface area contributed by atoms with Gasteiger partial charge in [0.05, 0.1) is 11.9 Å². The molecule has 1 rings (SSSR count). The van der Waals surface area contributed by atoms with Gasteiger partial charge in [0.25, 0.3) is 5.91 Å². The minimum atomic E-state index is -3.57. The van der Waals surface area contributed by atoms with Gasteiger partial charge < -0.3 is 0 Å². The standard InChI is InChI=1S/C14H21N3O3S/c1-10(2)15-16-14(18)9-17(21(5,19)20)13-8-11(3)6-7-12(13)4/h6-8H,9H2,1-5H3,(H,16,18).